The number of hydrogen-bond donors (Lipinski definition) is 2. The van der Waals surface area contributed by atoms with Crippen molar-refractivity contribution in [1.82, 2.24) is 15.6 Å². The van der Waals surface area contributed by atoms with E-state index in [0.29, 0.717) is 11.4 Å². The van der Waals surface area contributed by atoms with Crippen molar-refractivity contribution in [3.63, 3.8) is 0 Å². The number of benzene rings is 1. The van der Waals surface area contributed by atoms with Gasteiger partial charge in [-0.3, -0.25) is 10.1 Å². The Hall–Kier alpha value is -3.16. The summed E-state index contributed by atoms with van der Waals surface area (Å²) in [6, 6.07) is 8.95. The number of non-ortho nitro benzene ring substituents is 1. The Kier molecular flexibility index (Phi) is 5.67. The molecular weight excluding hydrogens is 312 g/mol. The van der Waals surface area contributed by atoms with Crippen LogP contribution in [0.25, 0.3) is 0 Å². The zero-order chi connectivity index (χ0) is 17.5. The molecule has 8 heteroatoms. The molecule has 0 saturated carbocycles. The van der Waals surface area contributed by atoms with Crippen LogP contribution in [0.4, 0.5) is 10.5 Å². The molecule has 1 aromatic carbocycles. The molecule has 0 unspecified atom stereocenters. The Balaban J connectivity index is 1.94. The Morgan fingerprint density at radius 2 is 2.17 bits per heavy atom. The first-order chi connectivity index (χ1) is 11.5. The van der Waals surface area contributed by atoms with E-state index in [2.05, 4.69) is 15.6 Å². The van der Waals surface area contributed by atoms with Crippen LogP contribution in [0.3, 0.4) is 0 Å². The lowest BCUT2D eigenvalue weighted by Crippen LogP contribution is -2.36. The van der Waals surface area contributed by atoms with E-state index in [1.807, 2.05) is 0 Å². The number of carbonyl (C=O) groups excluding carboxylic acids is 1. The van der Waals surface area contributed by atoms with E-state index in [1.54, 1.807) is 37.4 Å². The Morgan fingerprint density at radius 3 is 2.88 bits per heavy atom. The normalized spacial score (nSPS) is 11.4. The highest BCUT2D eigenvalue weighted by molar-refractivity contribution is 5.74. The summed E-state index contributed by atoms with van der Waals surface area (Å²) >= 11 is 0. The number of aromatic nitrogens is 1. The summed E-state index contributed by atoms with van der Waals surface area (Å²) < 4.78 is 5.12. The molecular formula is C16H18N4O4. The van der Waals surface area contributed by atoms with Gasteiger partial charge in [-0.25, -0.2) is 9.78 Å². The molecule has 2 aromatic rings. The average Bonchev–Trinajstić information content (AvgIpc) is 2.60. The summed E-state index contributed by atoms with van der Waals surface area (Å²) in [5.74, 6) is 0.449. The molecule has 1 atom stereocenters. The van der Waals surface area contributed by atoms with E-state index in [9.17, 15) is 14.9 Å². The third-order valence-electron chi connectivity index (χ3n) is 3.41. The molecule has 2 amide bonds. The van der Waals surface area contributed by atoms with Gasteiger partial charge in [0.1, 0.15) is 0 Å². The van der Waals surface area contributed by atoms with E-state index in [0.717, 1.165) is 5.56 Å². The van der Waals surface area contributed by atoms with Gasteiger partial charge in [-0.1, -0.05) is 18.2 Å². The van der Waals surface area contributed by atoms with Gasteiger partial charge in [0.05, 0.1) is 18.1 Å². The molecule has 0 aliphatic heterocycles. The first-order valence-electron chi connectivity index (χ1n) is 7.28. The van der Waals surface area contributed by atoms with Crippen LogP contribution in [-0.2, 0) is 6.54 Å². The average molecular weight is 330 g/mol. The molecule has 0 radical (unpaired) electrons. The lowest BCUT2D eigenvalue weighted by molar-refractivity contribution is -0.384. The fraction of sp³-hybridized carbons (Fsp3) is 0.250. The number of nitro groups is 1. The number of methoxy groups -OCH3 is 1. The minimum absolute atomic E-state index is 0.0124. The number of rotatable bonds is 6. The molecule has 0 fully saturated rings. The van der Waals surface area contributed by atoms with Gasteiger partial charge < -0.3 is 15.4 Å². The van der Waals surface area contributed by atoms with Crippen LogP contribution in [0.15, 0.2) is 42.6 Å². The van der Waals surface area contributed by atoms with Crippen molar-refractivity contribution in [2.24, 2.45) is 0 Å². The first kappa shape index (κ1) is 17.2. The monoisotopic (exact) mass is 330 g/mol. The van der Waals surface area contributed by atoms with Crippen LogP contribution in [0.2, 0.25) is 0 Å². The van der Waals surface area contributed by atoms with E-state index >= 15 is 0 Å². The summed E-state index contributed by atoms with van der Waals surface area (Å²) in [5, 5.41) is 16.2. The summed E-state index contributed by atoms with van der Waals surface area (Å²) in [5.41, 5.74) is 1.39. The predicted molar refractivity (Wildman–Crippen MR) is 87.7 cm³/mol. The molecule has 24 heavy (non-hydrogen) atoms. The second-order valence-electron chi connectivity index (χ2n) is 5.07. The zero-order valence-electron chi connectivity index (χ0n) is 13.4. The molecule has 0 saturated heterocycles. The van der Waals surface area contributed by atoms with Gasteiger partial charge in [-0.15, -0.1) is 0 Å². The van der Waals surface area contributed by atoms with Crippen LogP contribution < -0.4 is 15.4 Å². The number of carbonyl (C=O) groups is 1. The van der Waals surface area contributed by atoms with Crippen LogP contribution in [0, 0.1) is 10.1 Å². The molecule has 126 valence electrons. The van der Waals surface area contributed by atoms with Crippen LogP contribution in [-0.4, -0.2) is 23.0 Å². The molecule has 0 aliphatic rings. The van der Waals surface area contributed by atoms with Crippen molar-refractivity contribution < 1.29 is 14.5 Å². The minimum atomic E-state index is -0.467. The minimum Gasteiger partial charge on any atom is -0.481 e. The highest BCUT2D eigenvalue weighted by Crippen LogP contribution is 2.19. The van der Waals surface area contributed by atoms with Crippen LogP contribution in [0.1, 0.15) is 24.1 Å². The number of urea groups is 1. The molecule has 0 aliphatic carbocycles. The van der Waals surface area contributed by atoms with E-state index in [4.69, 9.17) is 4.74 Å². The summed E-state index contributed by atoms with van der Waals surface area (Å²) in [7, 11) is 1.51. The van der Waals surface area contributed by atoms with E-state index in [1.165, 1.54) is 19.2 Å². The van der Waals surface area contributed by atoms with Gasteiger partial charge in [0, 0.05) is 30.4 Å². The quantitative estimate of drug-likeness (QED) is 0.625. The second-order valence-corrected chi connectivity index (χ2v) is 5.07. The largest absolute Gasteiger partial charge is 0.481 e. The number of pyridine rings is 1. The highest BCUT2D eigenvalue weighted by Gasteiger charge is 2.13. The lowest BCUT2D eigenvalue weighted by Gasteiger charge is -2.15. The lowest BCUT2D eigenvalue weighted by atomic mass is 10.1. The van der Waals surface area contributed by atoms with Crippen molar-refractivity contribution in [3.05, 3.63) is 63.8 Å². The number of nitrogens with one attached hydrogen (secondary N) is 2. The fourth-order valence-electron chi connectivity index (χ4n) is 2.16. The van der Waals surface area contributed by atoms with Crippen molar-refractivity contribution in [3.8, 4) is 5.88 Å². The molecule has 2 N–H and O–H groups in total. The number of nitrogens with zero attached hydrogens (tertiary/aromatic N) is 2. The predicted octanol–water partition coefficient (Wildman–Crippen LogP) is 2.56. The third-order valence-corrected chi connectivity index (χ3v) is 3.41. The van der Waals surface area contributed by atoms with Crippen molar-refractivity contribution in [1.29, 1.82) is 0 Å². The second kappa shape index (κ2) is 7.91. The number of nitro benzene ring substituents is 1. The smallest absolute Gasteiger partial charge is 0.315 e. The Morgan fingerprint density at radius 1 is 1.38 bits per heavy atom. The van der Waals surface area contributed by atoms with Gasteiger partial charge in [-0.05, 0) is 18.6 Å². The third kappa shape index (κ3) is 4.42. The van der Waals surface area contributed by atoms with Gasteiger partial charge in [0.25, 0.3) is 5.69 Å². The maximum atomic E-state index is 12.0. The standard InChI is InChI=1S/C16H18N4O4/c1-11(12-5-3-7-14(9-12)20(22)23)19-16(21)18-10-13-6-4-8-17-15(13)24-2/h3-9,11H,10H2,1-2H3,(H2,18,19,21)/t11-/m1/s1. The summed E-state index contributed by atoms with van der Waals surface area (Å²) in [6.45, 7) is 2.01. The molecule has 8 nitrogen and oxygen atoms in total. The van der Waals surface area contributed by atoms with Crippen LogP contribution >= 0.6 is 0 Å². The summed E-state index contributed by atoms with van der Waals surface area (Å²) in [6.07, 6.45) is 1.60. The molecule has 1 heterocycles. The summed E-state index contributed by atoms with van der Waals surface area (Å²) in [4.78, 5) is 26.4. The molecule has 2 rings (SSSR count). The maximum absolute atomic E-state index is 12.0. The van der Waals surface area contributed by atoms with Gasteiger partial charge in [-0.2, -0.15) is 0 Å². The van der Waals surface area contributed by atoms with Gasteiger partial charge in [0.2, 0.25) is 5.88 Å². The molecule has 1 aromatic heterocycles. The first-order valence-corrected chi connectivity index (χ1v) is 7.28. The SMILES string of the molecule is COc1ncccc1CNC(=O)N[C@H](C)c1cccc([N+](=O)[O-])c1. The van der Waals surface area contributed by atoms with Crippen molar-refractivity contribution in [2.45, 2.75) is 19.5 Å². The Bertz CT molecular complexity index is 736. The van der Waals surface area contributed by atoms with Crippen molar-refractivity contribution in [2.75, 3.05) is 7.11 Å². The van der Waals surface area contributed by atoms with Crippen LogP contribution in [0.5, 0.6) is 5.88 Å². The van der Waals surface area contributed by atoms with Gasteiger partial charge in [0.15, 0.2) is 0 Å². The number of amides is 2. The number of ether oxygens (including phenoxy) is 1. The Labute approximate surface area is 139 Å². The fourth-order valence-corrected chi connectivity index (χ4v) is 2.16. The van der Waals surface area contributed by atoms with E-state index in [-0.39, 0.29) is 24.3 Å². The molecule has 0 bridgehead atoms. The topological polar surface area (TPSA) is 106 Å². The molecule has 0 spiro atoms. The highest BCUT2D eigenvalue weighted by atomic mass is 16.6. The zero-order valence-corrected chi connectivity index (χ0v) is 13.4. The van der Waals surface area contributed by atoms with Crippen molar-refractivity contribution >= 4 is 11.7 Å². The number of hydrogen-bond acceptors (Lipinski definition) is 5. The maximum Gasteiger partial charge on any atom is 0.315 e. The van der Waals surface area contributed by atoms with Gasteiger partial charge >= 0.3 is 6.03 Å². The van der Waals surface area contributed by atoms with E-state index < -0.39 is 4.92 Å².